The molecule has 1 spiro atoms. The molecule has 2 heterocycles. The van der Waals surface area contributed by atoms with Crippen LogP contribution in [-0.4, -0.2) is 28.1 Å². The summed E-state index contributed by atoms with van der Waals surface area (Å²) in [6.45, 7) is 2.50. The number of nitrogens with one attached hydrogen (secondary N) is 1. The van der Waals surface area contributed by atoms with Gasteiger partial charge in [0.05, 0.1) is 30.2 Å². The van der Waals surface area contributed by atoms with Gasteiger partial charge in [0.2, 0.25) is 0 Å². The Morgan fingerprint density at radius 2 is 1.92 bits per heavy atom. The topological polar surface area (TPSA) is 58.1 Å². The molecule has 1 aromatic heterocycles. The highest BCUT2D eigenvalue weighted by Crippen LogP contribution is 2.36. The molecule has 1 saturated heterocycles. The van der Waals surface area contributed by atoms with Gasteiger partial charge in [-0.25, -0.2) is 14.8 Å². The SMILES string of the molecule is Cc1ncc(N2C[C@@]3(CC=C(c4ccccc4)CC3)NC2=O)cn1. The van der Waals surface area contributed by atoms with Crippen LogP contribution in [0, 0.1) is 6.92 Å². The molecule has 1 aromatic carbocycles. The third-order valence-corrected chi connectivity index (χ3v) is 4.91. The van der Waals surface area contributed by atoms with Gasteiger partial charge in [-0.15, -0.1) is 0 Å². The van der Waals surface area contributed by atoms with Gasteiger partial charge in [0.25, 0.3) is 0 Å². The standard InChI is InChI=1S/C19H20N4O/c1-14-20-11-17(12-21-14)23-13-19(22-18(23)24)9-7-16(8-10-19)15-5-3-2-4-6-15/h2-7,11-12H,8-10,13H2,1H3,(H,22,24)/t19-/m0/s1. The Hall–Kier alpha value is -2.69. The lowest BCUT2D eigenvalue weighted by atomic mass is 9.81. The van der Waals surface area contributed by atoms with E-state index in [1.165, 1.54) is 11.1 Å². The first-order chi connectivity index (χ1) is 11.7. The Morgan fingerprint density at radius 3 is 2.58 bits per heavy atom. The molecule has 1 atom stereocenters. The summed E-state index contributed by atoms with van der Waals surface area (Å²) in [5.41, 5.74) is 3.22. The summed E-state index contributed by atoms with van der Waals surface area (Å²) < 4.78 is 0. The van der Waals surface area contributed by atoms with Gasteiger partial charge in [0.15, 0.2) is 0 Å². The highest BCUT2D eigenvalue weighted by molar-refractivity contribution is 5.95. The molecule has 24 heavy (non-hydrogen) atoms. The lowest BCUT2D eigenvalue weighted by molar-refractivity contribution is 0.245. The summed E-state index contributed by atoms with van der Waals surface area (Å²) in [4.78, 5) is 22.6. The third-order valence-electron chi connectivity index (χ3n) is 4.91. The molecule has 1 N–H and O–H groups in total. The van der Waals surface area contributed by atoms with E-state index in [9.17, 15) is 4.79 Å². The molecule has 0 unspecified atom stereocenters. The van der Waals surface area contributed by atoms with Crippen LogP contribution in [0.15, 0.2) is 48.8 Å². The van der Waals surface area contributed by atoms with E-state index >= 15 is 0 Å². The monoisotopic (exact) mass is 320 g/mol. The maximum absolute atomic E-state index is 12.4. The van der Waals surface area contributed by atoms with E-state index < -0.39 is 0 Å². The first kappa shape index (κ1) is 14.9. The predicted octanol–water partition coefficient (Wildman–Crippen LogP) is 3.32. The van der Waals surface area contributed by atoms with Crippen LogP contribution >= 0.6 is 0 Å². The smallest absolute Gasteiger partial charge is 0.322 e. The molecule has 1 fully saturated rings. The van der Waals surface area contributed by atoms with E-state index in [-0.39, 0.29) is 11.6 Å². The fraction of sp³-hybridized carbons (Fsp3) is 0.316. The predicted molar refractivity (Wildman–Crippen MR) is 93.6 cm³/mol. The largest absolute Gasteiger partial charge is 0.330 e. The average Bonchev–Trinajstić information content (AvgIpc) is 2.93. The van der Waals surface area contributed by atoms with Gasteiger partial charge in [0, 0.05) is 0 Å². The molecule has 122 valence electrons. The van der Waals surface area contributed by atoms with Gasteiger partial charge in [-0.05, 0) is 37.3 Å². The van der Waals surface area contributed by atoms with E-state index in [1.54, 1.807) is 17.3 Å². The van der Waals surface area contributed by atoms with Crippen LogP contribution in [0.4, 0.5) is 10.5 Å². The Balaban J connectivity index is 1.53. The van der Waals surface area contributed by atoms with Crippen molar-refractivity contribution in [1.82, 2.24) is 15.3 Å². The molecular weight excluding hydrogens is 300 g/mol. The second kappa shape index (κ2) is 5.74. The van der Waals surface area contributed by atoms with Gasteiger partial charge < -0.3 is 5.32 Å². The lowest BCUT2D eigenvalue weighted by Crippen LogP contribution is -2.44. The van der Waals surface area contributed by atoms with Crippen LogP contribution in [0.3, 0.4) is 0 Å². The highest BCUT2D eigenvalue weighted by atomic mass is 16.2. The van der Waals surface area contributed by atoms with Crippen molar-refractivity contribution >= 4 is 17.3 Å². The van der Waals surface area contributed by atoms with Crippen LogP contribution in [0.2, 0.25) is 0 Å². The molecule has 0 bridgehead atoms. The number of carbonyl (C=O) groups is 1. The number of rotatable bonds is 2. The zero-order chi connectivity index (χ0) is 16.6. The normalized spacial score (nSPS) is 23.3. The van der Waals surface area contributed by atoms with Crippen LogP contribution in [0.5, 0.6) is 0 Å². The van der Waals surface area contributed by atoms with Crippen LogP contribution in [0.1, 0.15) is 30.7 Å². The number of allylic oxidation sites excluding steroid dienone is 1. The molecule has 2 aliphatic rings. The minimum atomic E-state index is -0.180. The number of urea groups is 1. The number of anilines is 1. The average molecular weight is 320 g/mol. The quantitative estimate of drug-likeness (QED) is 0.923. The van der Waals surface area contributed by atoms with Crippen molar-refractivity contribution in [3.63, 3.8) is 0 Å². The van der Waals surface area contributed by atoms with Crippen LogP contribution in [0.25, 0.3) is 5.57 Å². The fourth-order valence-corrected chi connectivity index (χ4v) is 3.51. The summed E-state index contributed by atoms with van der Waals surface area (Å²) >= 11 is 0. The second-order valence-electron chi connectivity index (χ2n) is 6.58. The Morgan fingerprint density at radius 1 is 1.17 bits per heavy atom. The summed E-state index contributed by atoms with van der Waals surface area (Å²) in [5.74, 6) is 0.709. The lowest BCUT2D eigenvalue weighted by Gasteiger charge is -2.32. The van der Waals surface area contributed by atoms with Crippen molar-refractivity contribution in [3.05, 3.63) is 60.2 Å². The number of benzene rings is 1. The van der Waals surface area contributed by atoms with Crippen molar-refractivity contribution in [2.24, 2.45) is 0 Å². The van der Waals surface area contributed by atoms with E-state index in [4.69, 9.17) is 0 Å². The summed E-state index contributed by atoms with van der Waals surface area (Å²) in [5, 5.41) is 3.19. The number of hydrogen-bond donors (Lipinski definition) is 1. The third kappa shape index (κ3) is 2.66. The molecule has 5 nitrogen and oxygen atoms in total. The minimum Gasteiger partial charge on any atom is -0.330 e. The number of carbonyl (C=O) groups excluding carboxylic acids is 1. The number of hydrogen-bond acceptors (Lipinski definition) is 3. The number of aromatic nitrogens is 2. The molecule has 0 radical (unpaired) electrons. The van der Waals surface area contributed by atoms with Crippen molar-refractivity contribution < 1.29 is 4.79 Å². The van der Waals surface area contributed by atoms with E-state index in [1.807, 2.05) is 13.0 Å². The molecule has 5 heteroatoms. The summed E-state index contributed by atoms with van der Waals surface area (Å²) in [7, 11) is 0. The molecule has 4 rings (SSSR count). The first-order valence-corrected chi connectivity index (χ1v) is 8.28. The Labute approximate surface area is 141 Å². The number of aryl methyl sites for hydroxylation is 1. The highest BCUT2D eigenvalue weighted by Gasteiger charge is 2.43. The summed E-state index contributed by atoms with van der Waals surface area (Å²) in [6.07, 6.45) is 8.48. The molecule has 1 aliphatic carbocycles. The van der Waals surface area contributed by atoms with Crippen LogP contribution < -0.4 is 10.2 Å². The molecule has 2 aromatic rings. The Kier molecular flexibility index (Phi) is 3.56. The zero-order valence-corrected chi connectivity index (χ0v) is 13.7. The first-order valence-electron chi connectivity index (χ1n) is 8.28. The molecule has 0 saturated carbocycles. The maximum Gasteiger partial charge on any atom is 0.322 e. The minimum absolute atomic E-state index is 0.0565. The van der Waals surface area contributed by atoms with Gasteiger partial charge in [-0.2, -0.15) is 0 Å². The van der Waals surface area contributed by atoms with Crippen molar-refractivity contribution in [3.8, 4) is 0 Å². The van der Waals surface area contributed by atoms with Gasteiger partial charge in [-0.3, -0.25) is 4.90 Å². The summed E-state index contributed by atoms with van der Waals surface area (Å²) in [6, 6.07) is 10.4. The van der Waals surface area contributed by atoms with E-state index in [0.717, 1.165) is 24.9 Å². The molecular formula is C19H20N4O. The number of amides is 2. The zero-order valence-electron chi connectivity index (χ0n) is 13.7. The maximum atomic E-state index is 12.4. The molecule has 2 amide bonds. The van der Waals surface area contributed by atoms with Gasteiger partial charge >= 0.3 is 6.03 Å². The number of nitrogens with zero attached hydrogens (tertiary/aromatic N) is 3. The van der Waals surface area contributed by atoms with Gasteiger partial charge in [-0.1, -0.05) is 36.4 Å². The molecule has 1 aliphatic heterocycles. The van der Waals surface area contributed by atoms with Gasteiger partial charge in [0.1, 0.15) is 5.82 Å². The Bertz CT molecular complexity index is 785. The second-order valence-corrected chi connectivity index (χ2v) is 6.58. The fourth-order valence-electron chi connectivity index (χ4n) is 3.51. The van der Waals surface area contributed by atoms with E-state index in [0.29, 0.717) is 12.4 Å². The van der Waals surface area contributed by atoms with Crippen LogP contribution in [-0.2, 0) is 0 Å². The van der Waals surface area contributed by atoms with Crippen molar-refractivity contribution in [2.75, 3.05) is 11.4 Å². The van der Waals surface area contributed by atoms with Crippen molar-refractivity contribution in [1.29, 1.82) is 0 Å². The van der Waals surface area contributed by atoms with Crippen molar-refractivity contribution in [2.45, 2.75) is 31.7 Å². The van der Waals surface area contributed by atoms with E-state index in [2.05, 4.69) is 45.6 Å².